The number of carbonyl (C=O) groups is 1. The minimum Gasteiger partial charge on any atom is -0.484 e. The number of imidazole rings is 1. The minimum absolute atomic E-state index is 0.222. The SMILES string of the molecule is CC1=CCC=CC=C1C(C)Oc1cc(-c2cnc3cccnn23)sc1C(N)=O. The van der Waals surface area contributed by atoms with E-state index in [1.165, 1.54) is 16.9 Å². The molecule has 1 unspecified atom stereocenters. The number of rotatable bonds is 5. The van der Waals surface area contributed by atoms with Crippen LogP contribution in [0.1, 0.15) is 29.9 Å². The van der Waals surface area contributed by atoms with Crippen molar-refractivity contribution >= 4 is 22.9 Å². The van der Waals surface area contributed by atoms with E-state index in [4.69, 9.17) is 10.5 Å². The molecule has 0 saturated carbocycles. The molecule has 1 aliphatic carbocycles. The summed E-state index contributed by atoms with van der Waals surface area (Å²) in [6, 6.07) is 5.54. The standard InChI is InChI=1S/C21H20N4O2S/c1-13-7-4-3-5-8-15(13)14(2)27-17-11-18(28-20(17)21(22)26)16-12-23-19-9-6-10-24-25(16)19/h3,5-12,14H,4H2,1-2H3,(H2,22,26). The van der Waals surface area contributed by atoms with Gasteiger partial charge in [-0.3, -0.25) is 4.79 Å². The van der Waals surface area contributed by atoms with Gasteiger partial charge in [-0.2, -0.15) is 5.10 Å². The van der Waals surface area contributed by atoms with Crippen molar-refractivity contribution in [2.75, 3.05) is 0 Å². The highest BCUT2D eigenvalue weighted by Gasteiger charge is 2.22. The third-order valence-electron chi connectivity index (χ3n) is 4.62. The molecule has 1 aliphatic rings. The van der Waals surface area contributed by atoms with Crippen LogP contribution in [0.4, 0.5) is 0 Å². The van der Waals surface area contributed by atoms with E-state index < -0.39 is 5.91 Å². The van der Waals surface area contributed by atoms with Crippen LogP contribution in [0.5, 0.6) is 5.75 Å². The number of fused-ring (bicyclic) bond motifs is 1. The molecule has 3 heterocycles. The number of carbonyl (C=O) groups excluding carboxylic acids is 1. The second-order valence-corrected chi connectivity index (χ2v) is 7.59. The van der Waals surface area contributed by atoms with E-state index in [1.807, 2.05) is 31.2 Å². The maximum atomic E-state index is 12.0. The Morgan fingerprint density at radius 2 is 2.29 bits per heavy atom. The van der Waals surface area contributed by atoms with Gasteiger partial charge in [0.05, 0.1) is 11.1 Å². The van der Waals surface area contributed by atoms with Gasteiger partial charge in [-0.05, 0) is 43.5 Å². The second kappa shape index (κ2) is 7.44. The number of nitrogens with two attached hydrogens (primary N) is 1. The molecule has 0 fully saturated rings. The first-order chi connectivity index (χ1) is 13.5. The molecular weight excluding hydrogens is 372 g/mol. The summed E-state index contributed by atoms with van der Waals surface area (Å²) in [5, 5.41) is 4.34. The fourth-order valence-corrected chi connectivity index (χ4v) is 4.15. The Hall–Kier alpha value is -3.19. The molecule has 0 aliphatic heterocycles. The van der Waals surface area contributed by atoms with Gasteiger partial charge in [0.15, 0.2) is 5.65 Å². The van der Waals surface area contributed by atoms with E-state index in [-0.39, 0.29) is 6.10 Å². The fourth-order valence-electron chi connectivity index (χ4n) is 3.21. The highest BCUT2D eigenvalue weighted by atomic mass is 32.1. The summed E-state index contributed by atoms with van der Waals surface area (Å²) >= 11 is 1.29. The van der Waals surface area contributed by atoms with Crippen LogP contribution in [-0.4, -0.2) is 26.6 Å². The minimum atomic E-state index is -0.512. The average molecular weight is 392 g/mol. The number of thiophene rings is 1. The molecule has 0 aromatic carbocycles. The van der Waals surface area contributed by atoms with Crippen molar-refractivity contribution in [3.8, 4) is 16.3 Å². The molecular formula is C21H20N4O2S. The van der Waals surface area contributed by atoms with Gasteiger partial charge in [0.25, 0.3) is 5.91 Å². The van der Waals surface area contributed by atoms with Crippen LogP contribution in [-0.2, 0) is 0 Å². The molecule has 1 amide bonds. The molecule has 0 spiro atoms. The Bertz CT molecular complexity index is 1140. The Morgan fingerprint density at radius 1 is 1.43 bits per heavy atom. The molecule has 1 atom stereocenters. The highest BCUT2D eigenvalue weighted by molar-refractivity contribution is 7.17. The molecule has 3 aromatic heterocycles. The summed E-state index contributed by atoms with van der Waals surface area (Å²) in [6.45, 7) is 4.04. The Kier molecular flexibility index (Phi) is 4.83. The van der Waals surface area contributed by atoms with Gasteiger partial charge < -0.3 is 10.5 Å². The first-order valence-corrected chi connectivity index (χ1v) is 9.79. The number of hydrogen-bond donors (Lipinski definition) is 1. The van der Waals surface area contributed by atoms with Crippen molar-refractivity contribution in [2.45, 2.75) is 26.4 Å². The number of hydrogen-bond acceptors (Lipinski definition) is 5. The van der Waals surface area contributed by atoms with Crippen LogP contribution in [0.3, 0.4) is 0 Å². The molecule has 0 radical (unpaired) electrons. The van der Waals surface area contributed by atoms with E-state index in [2.05, 4.69) is 35.2 Å². The summed E-state index contributed by atoms with van der Waals surface area (Å²) in [4.78, 5) is 17.6. The van der Waals surface area contributed by atoms with Crippen LogP contribution >= 0.6 is 11.3 Å². The maximum absolute atomic E-state index is 12.0. The third-order valence-corrected chi connectivity index (χ3v) is 5.77. The predicted molar refractivity (Wildman–Crippen MR) is 111 cm³/mol. The lowest BCUT2D eigenvalue weighted by Gasteiger charge is -2.18. The van der Waals surface area contributed by atoms with Gasteiger partial charge in [0, 0.05) is 12.3 Å². The zero-order chi connectivity index (χ0) is 19.7. The zero-order valence-electron chi connectivity index (χ0n) is 15.6. The first kappa shape index (κ1) is 18.2. The van der Waals surface area contributed by atoms with Crippen molar-refractivity contribution in [3.63, 3.8) is 0 Å². The Morgan fingerprint density at radius 3 is 3.11 bits per heavy atom. The molecule has 142 valence electrons. The van der Waals surface area contributed by atoms with E-state index in [0.29, 0.717) is 10.6 Å². The summed E-state index contributed by atoms with van der Waals surface area (Å²) in [6.07, 6.45) is 12.4. The average Bonchev–Trinajstić information content (AvgIpc) is 3.21. The number of amides is 1. The van der Waals surface area contributed by atoms with Crippen LogP contribution in [0.25, 0.3) is 16.2 Å². The van der Waals surface area contributed by atoms with Crippen molar-refractivity contribution < 1.29 is 9.53 Å². The molecule has 0 bridgehead atoms. The lowest BCUT2D eigenvalue weighted by molar-refractivity contribution is 0.0999. The van der Waals surface area contributed by atoms with Gasteiger partial charge in [-0.25, -0.2) is 9.50 Å². The van der Waals surface area contributed by atoms with Crippen molar-refractivity contribution in [3.05, 3.63) is 70.9 Å². The highest BCUT2D eigenvalue weighted by Crippen LogP contribution is 2.37. The van der Waals surface area contributed by atoms with E-state index >= 15 is 0 Å². The topological polar surface area (TPSA) is 82.5 Å². The number of aromatic nitrogens is 3. The normalized spacial score (nSPS) is 15.1. The Labute approximate surface area is 166 Å². The maximum Gasteiger partial charge on any atom is 0.262 e. The second-order valence-electron chi connectivity index (χ2n) is 6.54. The molecule has 6 nitrogen and oxygen atoms in total. The van der Waals surface area contributed by atoms with Crippen molar-refractivity contribution in [1.82, 2.24) is 14.6 Å². The predicted octanol–water partition coefficient (Wildman–Crippen LogP) is 4.16. The van der Waals surface area contributed by atoms with Gasteiger partial charge in [-0.1, -0.05) is 24.3 Å². The number of allylic oxidation sites excluding steroid dienone is 4. The lowest BCUT2D eigenvalue weighted by atomic mass is 10.0. The fraction of sp³-hybridized carbons (Fsp3) is 0.190. The lowest BCUT2D eigenvalue weighted by Crippen LogP contribution is -2.18. The monoisotopic (exact) mass is 392 g/mol. The van der Waals surface area contributed by atoms with E-state index in [9.17, 15) is 4.79 Å². The number of ether oxygens (including phenoxy) is 1. The van der Waals surface area contributed by atoms with Gasteiger partial charge >= 0.3 is 0 Å². The summed E-state index contributed by atoms with van der Waals surface area (Å²) in [5.74, 6) is -0.0324. The summed E-state index contributed by atoms with van der Waals surface area (Å²) in [5.41, 5.74) is 9.38. The van der Waals surface area contributed by atoms with Crippen molar-refractivity contribution in [1.29, 1.82) is 0 Å². The molecule has 3 aromatic rings. The van der Waals surface area contributed by atoms with Crippen LogP contribution in [0, 0.1) is 0 Å². The molecule has 0 saturated heterocycles. The van der Waals surface area contributed by atoms with Crippen LogP contribution < -0.4 is 10.5 Å². The van der Waals surface area contributed by atoms with Crippen LogP contribution in [0.2, 0.25) is 0 Å². The molecule has 7 heteroatoms. The first-order valence-electron chi connectivity index (χ1n) is 8.98. The Balaban J connectivity index is 1.70. The molecule has 2 N–H and O–H groups in total. The zero-order valence-corrected chi connectivity index (χ0v) is 16.4. The van der Waals surface area contributed by atoms with E-state index in [0.717, 1.165) is 28.2 Å². The number of nitrogens with zero attached hydrogens (tertiary/aromatic N) is 3. The summed E-state index contributed by atoms with van der Waals surface area (Å²) < 4.78 is 7.91. The molecule has 4 rings (SSSR count). The van der Waals surface area contributed by atoms with Gasteiger partial charge in [-0.15, -0.1) is 11.3 Å². The third kappa shape index (κ3) is 3.36. The smallest absolute Gasteiger partial charge is 0.262 e. The van der Waals surface area contributed by atoms with Crippen molar-refractivity contribution in [2.24, 2.45) is 5.73 Å². The number of primary amides is 1. The van der Waals surface area contributed by atoms with Gasteiger partial charge in [0.2, 0.25) is 0 Å². The summed E-state index contributed by atoms with van der Waals surface area (Å²) in [7, 11) is 0. The van der Waals surface area contributed by atoms with Gasteiger partial charge in [0.1, 0.15) is 22.4 Å². The van der Waals surface area contributed by atoms with Crippen LogP contribution in [0.15, 0.2) is 66.0 Å². The molecule has 28 heavy (non-hydrogen) atoms. The largest absolute Gasteiger partial charge is 0.484 e. The van der Waals surface area contributed by atoms with E-state index in [1.54, 1.807) is 16.9 Å². The quantitative estimate of drug-likeness (QED) is 0.707.